The van der Waals surface area contributed by atoms with E-state index in [0.29, 0.717) is 17.2 Å². The second-order valence-electron chi connectivity index (χ2n) is 5.74. The summed E-state index contributed by atoms with van der Waals surface area (Å²) in [6, 6.07) is 11.8. The Balaban J connectivity index is 1.91. The molecule has 1 N–H and O–H groups in total. The number of amides is 1. The summed E-state index contributed by atoms with van der Waals surface area (Å²) in [7, 11) is 0. The van der Waals surface area contributed by atoms with Gasteiger partial charge in [0.1, 0.15) is 5.75 Å². The predicted molar refractivity (Wildman–Crippen MR) is 103 cm³/mol. The van der Waals surface area contributed by atoms with Gasteiger partial charge in [-0.25, -0.2) is 5.43 Å². The van der Waals surface area contributed by atoms with Gasteiger partial charge in [-0.1, -0.05) is 32.0 Å². The Morgan fingerprint density at radius 2 is 2.08 bits per heavy atom. The third kappa shape index (κ3) is 5.38. The van der Waals surface area contributed by atoms with E-state index in [4.69, 9.17) is 4.74 Å². The first-order valence-electron chi connectivity index (χ1n) is 7.86. The first-order chi connectivity index (χ1) is 12.4. The van der Waals surface area contributed by atoms with E-state index in [1.165, 1.54) is 18.3 Å². The lowest BCUT2D eigenvalue weighted by molar-refractivity contribution is -0.385. The third-order valence-corrected chi connectivity index (χ3v) is 4.13. The molecule has 0 aliphatic carbocycles. The van der Waals surface area contributed by atoms with Crippen molar-refractivity contribution in [3.8, 4) is 5.75 Å². The fraction of sp³-hybridized carbons (Fsp3) is 0.222. The molecule has 0 aliphatic rings. The maximum absolute atomic E-state index is 11.8. The van der Waals surface area contributed by atoms with Crippen LogP contribution in [0.5, 0.6) is 5.75 Å². The summed E-state index contributed by atoms with van der Waals surface area (Å²) in [5.74, 6) is 0.465. The van der Waals surface area contributed by atoms with Crippen molar-refractivity contribution in [2.24, 2.45) is 5.10 Å². The number of benzene rings is 2. The molecule has 0 atom stereocenters. The van der Waals surface area contributed by atoms with Crippen LogP contribution in [0.1, 0.15) is 30.9 Å². The van der Waals surface area contributed by atoms with Crippen LogP contribution in [0.25, 0.3) is 0 Å². The van der Waals surface area contributed by atoms with Crippen molar-refractivity contribution in [1.29, 1.82) is 0 Å². The van der Waals surface area contributed by atoms with Gasteiger partial charge < -0.3 is 4.74 Å². The van der Waals surface area contributed by atoms with Crippen LogP contribution in [0.2, 0.25) is 0 Å². The van der Waals surface area contributed by atoms with Gasteiger partial charge >= 0.3 is 0 Å². The van der Waals surface area contributed by atoms with Gasteiger partial charge in [0.2, 0.25) is 0 Å². The van der Waals surface area contributed by atoms with Crippen LogP contribution in [-0.4, -0.2) is 23.7 Å². The molecule has 0 radical (unpaired) electrons. The lowest BCUT2D eigenvalue weighted by Gasteiger charge is -2.10. The molecule has 0 aromatic heterocycles. The second-order valence-corrected chi connectivity index (χ2v) is 6.60. The normalized spacial score (nSPS) is 10.9. The number of rotatable bonds is 7. The summed E-state index contributed by atoms with van der Waals surface area (Å²) in [5.41, 5.74) is 3.65. The highest BCUT2D eigenvalue weighted by Gasteiger charge is 2.10. The number of nitro groups is 1. The molecule has 2 aromatic rings. The molecule has 0 spiro atoms. The van der Waals surface area contributed by atoms with Crippen LogP contribution in [-0.2, 0) is 4.79 Å². The van der Waals surface area contributed by atoms with Crippen molar-refractivity contribution >= 4 is 33.7 Å². The Kier molecular flexibility index (Phi) is 6.85. The number of nitro benzene ring substituents is 1. The summed E-state index contributed by atoms with van der Waals surface area (Å²) in [4.78, 5) is 22.2. The Morgan fingerprint density at radius 1 is 1.35 bits per heavy atom. The maximum Gasteiger partial charge on any atom is 0.278 e. The summed E-state index contributed by atoms with van der Waals surface area (Å²) in [5, 5.41) is 14.6. The minimum atomic E-state index is -0.509. The number of hydrazone groups is 1. The molecule has 0 aliphatic heterocycles. The van der Waals surface area contributed by atoms with Crippen LogP contribution >= 0.6 is 15.9 Å². The Morgan fingerprint density at radius 3 is 2.73 bits per heavy atom. The van der Waals surface area contributed by atoms with E-state index < -0.39 is 10.8 Å². The largest absolute Gasteiger partial charge is 0.483 e. The number of carbonyl (C=O) groups excluding carboxylic acids is 1. The van der Waals surface area contributed by atoms with Gasteiger partial charge in [0.15, 0.2) is 6.61 Å². The van der Waals surface area contributed by atoms with Gasteiger partial charge in [-0.05, 0) is 45.6 Å². The molecule has 0 saturated carbocycles. The standard InChI is InChI=1S/C18H18BrN3O4/c1-12(2)13-7-8-17(15(19)9-13)26-11-18(23)21-20-10-14-5-3-4-6-16(14)22(24)25/h3-10,12H,11H2,1-2H3,(H,21,23)/b20-10+. The first-order valence-corrected chi connectivity index (χ1v) is 8.65. The lowest BCUT2D eigenvalue weighted by atomic mass is 10.0. The van der Waals surface area contributed by atoms with Gasteiger partial charge in [0.25, 0.3) is 11.6 Å². The number of nitrogens with one attached hydrogen (secondary N) is 1. The lowest BCUT2D eigenvalue weighted by Crippen LogP contribution is -2.24. The highest BCUT2D eigenvalue weighted by atomic mass is 79.9. The number of nitrogens with zero attached hydrogens (tertiary/aromatic N) is 2. The zero-order valence-electron chi connectivity index (χ0n) is 14.3. The molecule has 0 heterocycles. The smallest absolute Gasteiger partial charge is 0.278 e. The number of ether oxygens (including phenoxy) is 1. The van der Waals surface area contributed by atoms with E-state index in [1.807, 2.05) is 12.1 Å². The molecule has 0 fully saturated rings. The van der Waals surface area contributed by atoms with Gasteiger partial charge in [-0.15, -0.1) is 0 Å². The number of hydrogen-bond donors (Lipinski definition) is 1. The van der Waals surface area contributed by atoms with Crippen molar-refractivity contribution in [3.05, 3.63) is 68.2 Å². The van der Waals surface area contributed by atoms with Crippen molar-refractivity contribution in [3.63, 3.8) is 0 Å². The van der Waals surface area contributed by atoms with Gasteiger partial charge in [-0.3, -0.25) is 14.9 Å². The topological polar surface area (TPSA) is 93.8 Å². The van der Waals surface area contributed by atoms with E-state index in [0.717, 1.165) is 10.0 Å². The number of halogens is 1. The summed E-state index contributed by atoms with van der Waals surface area (Å²) >= 11 is 3.42. The molecule has 1 amide bonds. The molecule has 8 heteroatoms. The number of hydrogen-bond acceptors (Lipinski definition) is 5. The Labute approximate surface area is 159 Å². The molecule has 0 saturated heterocycles. The Hall–Kier alpha value is -2.74. The van der Waals surface area contributed by atoms with Crippen molar-refractivity contribution < 1.29 is 14.5 Å². The number of para-hydroxylation sites is 1. The molecule has 136 valence electrons. The fourth-order valence-corrected chi connectivity index (χ4v) is 2.62. The van der Waals surface area contributed by atoms with E-state index in [9.17, 15) is 14.9 Å². The van der Waals surface area contributed by atoms with Crippen LogP contribution in [0.4, 0.5) is 5.69 Å². The van der Waals surface area contributed by atoms with E-state index in [1.54, 1.807) is 18.2 Å². The summed E-state index contributed by atoms with van der Waals surface area (Å²) in [6.45, 7) is 3.95. The van der Waals surface area contributed by atoms with E-state index >= 15 is 0 Å². The average molecular weight is 420 g/mol. The molecule has 2 aromatic carbocycles. The zero-order valence-corrected chi connectivity index (χ0v) is 15.9. The fourth-order valence-electron chi connectivity index (χ4n) is 2.11. The van der Waals surface area contributed by atoms with Crippen molar-refractivity contribution in [1.82, 2.24) is 5.43 Å². The second kappa shape index (κ2) is 9.10. The molecule has 0 bridgehead atoms. The van der Waals surface area contributed by atoms with Crippen LogP contribution < -0.4 is 10.2 Å². The SMILES string of the molecule is CC(C)c1ccc(OCC(=O)N/N=C/c2ccccc2[N+](=O)[O-])c(Br)c1. The Bertz CT molecular complexity index is 837. The van der Waals surface area contributed by atoms with Crippen LogP contribution in [0, 0.1) is 10.1 Å². The molecular formula is C18H18BrN3O4. The van der Waals surface area contributed by atoms with Crippen LogP contribution in [0.15, 0.2) is 52.0 Å². The zero-order chi connectivity index (χ0) is 19.1. The first kappa shape index (κ1) is 19.6. The third-order valence-electron chi connectivity index (χ3n) is 3.51. The summed E-state index contributed by atoms with van der Waals surface area (Å²) < 4.78 is 6.22. The van der Waals surface area contributed by atoms with Gasteiger partial charge in [-0.2, -0.15) is 5.10 Å². The highest BCUT2D eigenvalue weighted by Crippen LogP contribution is 2.28. The van der Waals surface area contributed by atoms with E-state index in [-0.39, 0.29) is 12.3 Å². The van der Waals surface area contributed by atoms with Gasteiger partial charge in [0, 0.05) is 6.07 Å². The minimum Gasteiger partial charge on any atom is -0.483 e. The molecule has 7 nitrogen and oxygen atoms in total. The minimum absolute atomic E-state index is 0.0871. The summed E-state index contributed by atoms with van der Waals surface area (Å²) in [6.07, 6.45) is 1.23. The predicted octanol–water partition coefficient (Wildman–Crippen LogP) is 4.01. The quantitative estimate of drug-likeness (QED) is 0.416. The van der Waals surface area contributed by atoms with Gasteiger partial charge in [0.05, 0.1) is 21.2 Å². The average Bonchev–Trinajstić information content (AvgIpc) is 2.60. The molecule has 2 rings (SSSR count). The number of carbonyl (C=O) groups is 1. The highest BCUT2D eigenvalue weighted by molar-refractivity contribution is 9.10. The van der Waals surface area contributed by atoms with Crippen LogP contribution in [0.3, 0.4) is 0 Å². The van der Waals surface area contributed by atoms with Crippen molar-refractivity contribution in [2.75, 3.05) is 6.61 Å². The van der Waals surface area contributed by atoms with Crippen molar-refractivity contribution in [2.45, 2.75) is 19.8 Å². The monoisotopic (exact) mass is 419 g/mol. The maximum atomic E-state index is 11.8. The molecule has 0 unspecified atom stereocenters. The molecular weight excluding hydrogens is 402 g/mol. The molecule has 26 heavy (non-hydrogen) atoms. The van der Waals surface area contributed by atoms with E-state index in [2.05, 4.69) is 40.3 Å².